The second-order valence-electron chi connectivity index (χ2n) is 5.55. The predicted molar refractivity (Wildman–Crippen MR) is 86.8 cm³/mol. The summed E-state index contributed by atoms with van der Waals surface area (Å²) in [7, 11) is -4.39. The van der Waals surface area contributed by atoms with E-state index in [0.29, 0.717) is 24.8 Å². The standard InChI is InChI=1S/C15H27N2O4P/c1-4-7-8-13(14(18)11-17-10-9-16-12-17)15(5-2,6-3)22(19,20)21/h9-10,12,18H,4-8,11H2,1-3H3,(H2,19,20,21). The van der Waals surface area contributed by atoms with E-state index in [1.807, 2.05) is 6.92 Å². The summed E-state index contributed by atoms with van der Waals surface area (Å²) in [6.07, 6.45) is 7.65. The summed E-state index contributed by atoms with van der Waals surface area (Å²) in [6, 6.07) is 0. The lowest BCUT2D eigenvalue weighted by Gasteiger charge is -2.35. The molecule has 0 atom stereocenters. The average Bonchev–Trinajstić information content (AvgIpc) is 2.95. The summed E-state index contributed by atoms with van der Waals surface area (Å²) in [5.74, 6) is 0.0403. The summed E-state index contributed by atoms with van der Waals surface area (Å²) in [4.78, 5) is 23.8. The molecule has 22 heavy (non-hydrogen) atoms. The first kappa shape index (κ1) is 18.9. The zero-order valence-electron chi connectivity index (χ0n) is 13.6. The van der Waals surface area contributed by atoms with Crippen molar-refractivity contribution in [1.29, 1.82) is 0 Å². The molecule has 0 fully saturated rings. The number of rotatable bonds is 9. The zero-order chi connectivity index (χ0) is 16.8. The van der Waals surface area contributed by atoms with Gasteiger partial charge in [-0.05, 0) is 31.3 Å². The van der Waals surface area contributed by atoms with Gasteiger partial charge in [-0.15, -0.1) is 0 Å². The van der Waals surface area contributed by atoms with E-state index >= 15 is 0 Å². The molecule has 3 N–H and O–H groups in total. The van der Waals surface area contributed by atoms with Gasteiger partial charge in [0, 0.05) is 12.4 Å². The molecule has 1 heterocycles. The van der Waals surface area contributed by atoms with Gasteiger partial charge in [0.1, 0.15) is 5.76 Å². The molecule has 0 aromatic carbocycles. The van der Waals surface area contributed by atoms with Crippen LogP contribution in [0.15, 0.2) is 30.1 Å². The average molecular weight is 330 g/mol. The molecule has 0 aliphatic rings. The van der Waals surface area contributed by atoms with Crippen LogP contribution in [0, 0.1) is 0 Å². The molecule has 0 saturated carbocycles. The fourth-order valence-electron chi connectivity index (χ4n) is 2.91. The van der Waals surface area contributed by atoms with Crippen molar-refractivity contribution in [2.45, 2.75) is 64.6 Å². The molecule has 0 saturated heterocycles. The third-order valence-corrected chi connectivity index (χ3v) is 6.33. The molecule has 1 aromatic rings. The Balaban J connectivity index is 3.32. The van der Waals surface area contributed by atoms with E-state index in [9.17, 15) is 19.5 Å². The molecule has 7 heteroatoms. The van der Waals surface area contributed by atoms with Crippen molar-refractivity contribution >= 4 is 7.60 Å². The lowest BCUT2D eigenvalue weighted by Crippen LogP contribution is -2.32. The van der Waals surface area contributed by atoms with E-state index in [1.54, 1.807) is 37.1 Å². The molecule has 0 unspecified atom stereocenters. The molecule has 126 valence electrons. The van der Waals surface area contributed by atoms with Crippen LogP contribution in [0.2, 0.25) is 0 Å². The Labute approximate surface area is 132 Å². The number of hydrogen-bond acceptors (Lipinski definition) is 3. The van der Waals surface area contributed by atoms with Crippen molar-refractivity contribution < 1.29 is 19.5 Å². The van der Waals surface area contributed by atoms with Crippen LogP contribution in [0.5, 0.6) is 0 Å². The second kappa shape index (κ2) is 7.95. The number of aromatic nitrogens is 2. The second-order valence-corrected chi connectivity index (χ2v) is 7.49. The van der Waals surface area contributed by atoms with Crippen molar-refractivity contribution in [2.75, 3.05) is 0 Å². The fraction of sp³-hybridized carbons (Fsp3) is 0.667. The highest BCUT2D eigenvalue weighted by molar-refractivity contribution is 7.53. The van der Waals surface area contributed by atoms with Crippen LogP contribution in [0.25, 0.3) is 0 Å². The highest BCUT2D eigenvalue weighted by Crippen LogP contribution is 2.59. The topological polar surface area (TPSA) is 95.6 Å². The normalized spacial score (nSPS) is 14.0. The SMILES string of the molecule is CCCCC(=C(O)Cn1ccnc1)C(CC)(CC)P(=O)(O)O. The minimum Gasteiger partial charge on any atom is -0.510 e. The number of imidazole rings is 1. The van der Waals surface area contributed by atoms with Gasteiger partial charge in [-0.2, -0.15) is 0 Å². The Kier molecular flexibility index (Phi) is 6.85. The monoisotopic (exact) mass is 330 g/mol. The van der Waals surface area contributed by atoms with Crippen molar-refractivity contribution in [2.24, 2.45) is 0 Å². The Morgan fingerprint density at radius 3 is 2.32 bits per heavy atom. The molecule has 6 nitrogen and oxygen atoms in total. The predicted octanol–water partition coefficient (Wildman–Crippen LogP) is 3.62. The Morgan fingerprint density at radius 1 is 1.27 bits per heavy atom. The van der Waals surface area contributed by atoms with E-state index in [1.165, 1.54) is 0 Å². The largest absolute Gasteiger partial charge is 0.510 e. The Morgan fingerprint density at radius 2 is 1.91 bits per heavy atom. The highest BCUT2D eigenvalue weighted by Gasteiger charge is 2.47. The lowest BCUT2D eigenvalue weighted by atomic mass is 9.87. The first-order valence-electron chi connectivity index (χ1n) is 7.75. The maximum atomic E-state index is 12.2. The summed E-state index contributed by atoms with van der Waals surface area (Å²) in [5.41, 5.74) is 0.487. The molecule has 0 spiro atoms. The van der Waals surface area contributed by atoms with Gasteiger partial charge in [0.15, 0.2) is 0 Å². The summed E-state index contributed by atoms with van der Waals surface area (Å²) < 4.78 is 13.8. The van der Waals surface area contributed by atoms with Gasteiger partial charge in [-0.1, -0.05) is 27.2 Å². The molecular weight excluding hydrogens is 303 g/mol. The molecule has 0 bridgehead atoms. The van der Waals surface area contributed by atoms with Gasteiger partial charge in [-0.25, -0.2) is 4.98 Å². The lowest BCUT2D eigenvalue weighted by molar-refractivity contribution is 0.308. The van der Waals surface area contributed by atoms with Crippen LogP contribution >= 0.6 is 7.60 Å². The van der Waals surface area contributed by atoms with Crippen molar-refractivity contribution in [1.82, 2.24) is 9.55 Å². The van der Waals surface area contributed by atoms with Gasteiger partial charge >= 0.3 is 7.60 Å². The van der Waals surface area contributed by atoms with Crippen LogP contribution < -0.4 is 0 Å². The fourth-order valence-corrected chi connectivity index (χ4v) is 4.33. The van der Waals surface area contributed by atoms with Crippen molar-refractivity contribution in [3.8, 4) is 0 Å². The van der Waals surface area contributed by atoms with E-state index in [-0.39, 0.29) is 12.3 Å². The van der Waals surface area contributed by atoms with E-state index < -0.39 is 12.8 Å². The molecule has 1 aromatic heterocycles. The van der Waals surface area contributed by atoms with Gasteiger partial charge in [0.2, 0.25) is 0 Å². The van der Waals surface area contributed by atoms with Crippen LogP contribution in [-0.4, -0.2) is 29.6 Å². The van der Waals surface area contributed by atoms with Gasteiger partial charge in [0.05, 0.1) is 18.0 Å². The third kappa shape index (κ3) is 4.00. The number of aliphatic hydroxyl groups is 1. The first-order chi connectivity index (χ1) is 10.3. The minimum absolute atomic E-state index is 0.0403. The minimum atomic E-state index is -4.39. The van der Waals surface area contributed by atoms with Gasteiger partial charge < -0.3 is 19.5 Å². The van der Waals surface area contributed by atoms with E-state index in [0.717, 1.165) is 12.8 Å². The van der Waals surface area contributed by atoms with E-state index in [2.05, 4.69) is 4.98 Å². The smallest absolute Gasteiger partial charge is 0.335 e. The molecule has 0 radical (unpaired) electrons. The quantitative estimate of drug-likeness (QED) is 0.475. The van der Waals surface area contributed by atoms with Crippen LogP contribution in [0.1, 0.15) is 52.9 Å². The number of unbranched alkanes of at least 4 members (excludes halogenated alkanes) is 1. The molecular formula is C15H27N2O4P. The number of nitrogens with zero attached hydrogens (tertiary/aromatic N) is 2. The third-order valence-electron chi connectivity index (χ3n) is 4.31. The van der Waals surface area contributed by atoms with E-state index in [4.69, 9.17) is 0 Å². The maximum Gasteiger partial charge on any atom is 0.335 e. The summed E-state index contributed by atoms with van der Waals surface area (Å²) in [6.45, 7) is 5.72. The van der Waals surface area contributed by atoms with Gasteiger partial charge in [0.25, 0.3) is 0 Å². The molecule has 0 aliphatic heterocycles. The van der Waals surface area contributed by atoms with Crippen LogP contribution in [0.3, 0.4) is 0 Å². The highest BCUT2D eigenvalue weighted by atomic mass is 31.2. The number of allylic oxidation sites excluding steroid dienone is 2. The zero-order valence-corrected chi connectivity index (χ0v) is 14.5. The summed E-state index contributed by atoms with van der Waals surface area (Å²) in [5, 5.41) is 9.27. The van der Waals surface area contributed by atoms with Crippen molar-refractivity contribution in [3.63, 3.8) is 0 Å². The van der Waals surface area contributed by atoms with Crippen molar-refractivity contribution in [3.05, 3.63) is 30.1 Å². The molecule has 0 amide bonds. The van der Waals surface area contributed by atoms with Crippen LogP contribution in [-0.2, 0) is 11.1 Å². The molecule has 1 rings (SSSR count). The maximum absolute atomic E-state index is 12.2. The molecule has 0 aliphatic carbocycles. The van der Waals surface area contributed by atoms with Gasteiger partial charge in [-0.3, -0.25) is 4.57 Å². The Bertz CT molecular complexity index is 530. The Hall–Kier alpha value is -1.10. The van der Waals surface area contributed by atoms with Crippen LogP contribution in [0.4, 0.5) is 0 Å². The number of aliphatic hydroxyl groups excluding tert-OH is 1. The number of hydrogen-bond donors (Lipinski definition) is 3. The first-order valence-corrected chi connectivity index (χ1v) is 9.36. The summed E-state index contributed by atoms with van der Waals surface area (Å²) >= 11 is 0.